The van der Waals surface area contributed by atoms with Crippen molar-refractivity contribution in [3.8, 4) is 11.5 Å². The third-order valence-electron chi connectivity index (χ3n) is 5.13. The summed E-state index contributed by atoms with van der Waals surface area (Å²) in [5.41, 5.74) is -2.38. The van der Waals surface area contributed by atoms with Crippen LogP contribution in [-0.2, 0) is 15.7 Å². The normalized spacial score (nSPS) is 11.6. The summed E-state index contributed by atoms with van der Waals surface area (Å²) in [6, 6.07) is 3.60. The molecule has 200 valence electrons. The van der Waals surface area contributed by atoms with Crippen molar-refractivity contribution in [3.05, 3.63) is 56.9 Å². The Labute approximate surface area is 221 Å². The maximum Gasteiger partial charge on any atom is 0.433 e. The van der Waals surface area contributed by atoms with Gasteiger partial charge >= 0.3 is 18.1 Å². The minimum Gasteiger partial charge on any atom is -0.463 e. The van der Waals surface area contributed by atoms with Crippen LogP contribution in [0.4, 0.5) is 18.2 Å². The van der Waals surface area contributed by atoms with Gasteiger partial charge in [0.25, 0.3) is 5.91 Å². The van der Waals surface area contributed by atoms with Gasteiger partial charge in [-0.25, -0.2) is 19.1 Å². The van der Waals surface area contributed by atoms with E-state index in [0.29, 0.717) is 10.6 Å². The molecular weight excluding hydrogens is 553 g/mol. The number of nitrogens with zero attached hydrogens (tertiary/aromatic N) is 3. The van der Waals surface area contributed by atoms with Crippen molar-refractivity contribution in [3.63, 3.8) is 0 Å². The summed E-state index contributed by atoms with van der Waals surface area (Å²) < 4.78 is 57.2. The molecule has 0 bridgehead atoms. The lowest BCUT2D eigenvalue weighted by atomic mass is 10.1. The first kappa shape index (κ1) is 27.1. The van der Waals surface area contributed by atoms with Crippen LogP contribution >= 0.6 is 22.9 Å². The van der Waals surface area contributed by atoms with Gasteiger partial charge in [-0.3, -0.25) is 4.79 Å². The van der Waals surface area contributed by atoms with Crippen molar-refractivity contribution in [2.45, 2.75) is 26.9 Å². The number of esters is 2. The summed E-state index contributed by atoms with van der Waals surface area (Å²) in [7, 11) is 0. The number of carbonyl (C=O) groups excluding carboxylic acids is 3. The van der Waals surface area contributed by atoms with Crippen LogP contribution in [0.2, 0.25) is 5.02 Å². The number of ether oxygens (including phenoxy) is 2. The molecule has 0 fully saturated rings. The lowest BCUT2D eigenvalue weighted by Gasteiger charge is -2.10. The number of aromatic nitrogens is 3. The van der Waals surface area contributed by atoms with Gasteiger partial charge in [-0.2, -0.15) is 18.3 Å². The Balaban J connectivity index is 1.81. The van der Waals surface area contributed by atoms with Crippen molar-refractivity contribution >= 4 is 51.4 Å². The summed E-state index contributed by atoms with van der Waals surface area (Å²) in [5, 5.41) is 5.60. The summed E-state index contributed by atoms with van der Waals surface area (Å²) in [6.45, 7) is 4.72. The highest BCUT2D eigenvalue weighted by Gasteiger charge is 2.37. The second kappa shape index (κ2) is 10.5. The van der Waals surface area contributed by atoms with E-state index >= 15 is 0 Å². The van der Waals surface area contributed by atoms with Crippen molar-refractivity contribution < 1.29 is 41.4 Å². The number of rotatable bonds is 7. The van der Waals surface area contributed by atoms with Gasteiger partial charge in [0.05, 0.1) is 25.0 Å². The minimum absolute atomic E-state index is 0.0123. The largest absolute Gasteiger partial charge is 0.463 e. The second-order valence-corrected chi connectivity index (χ2v) is 8.95. The molecule has 0 aromatic carbocycles. The highest BCUT2D eigenvalue weighted by atomic mass is 35.5. The quantitative estimate of drug-likeness (QED) is 0.283. The van der Waals surface area contributed by atoms with Crippen LogP contribution in [0.25, 0.3) is 17.1 Å². The maximum absolute atomic E-state index is 13.9. The first-order valence-corrected chi connectivity index (χ1v) is 12.2. The molecule has 4 aromatic rings. The van der Waals surface area contributed by atoms with Crippen LogP contribution < -0.4 is 5.32 Å². The monoisotopic (exact) mass is 570 g/mol. The fraction of sp³-hybridized carbons (Fsp3) is 0.261. The first-order valence-electron chi connectivity index (χ1n) is 11.0. The van der Waals surface area contributed by atoms with Gasteiger partial charge in [-0.05, 0) is 44.5 Å². The van der Waals surface area contributed by atoms with Crippen LogP contribution in [0.3, 0.4) is 0 Å². The lowest BCUT2D eigenvalue weighted by molar-refractivity contribution is -0.142. The number of amides is 1. The van der Waals surface area contributed by atoms with Crippen LogP contribution in [-0.4, -0.2) is 45.7 Å². The molecule has 0 saturated carbocycles. The molecule has 0 aliphatic heterocycles. The van der Waals surface area contributed by atoms with Gasteiger partial charge in [-0.1, -0.05) is 11.6 Å². The fourth-order valence-corrected chi connectivity index (χ4v) is 4.82. The van der Waals surface area contributed by atoms with Crippen molar-refractivity contribution in [1.29, 1.82) is 0 Å². The maximum atomic E-state index is 13.9. The van der Waals surface area contributed by atoms with Crippen molar-refractivity contribution in [2.24, 2.45) is 0 Å². The zero-order valence-corrected chi connectivity index (χ0v) is 21.5. The zero-order valence-electron chi connectivity index (χ0n) is 19.9. The fourth-order valence-electron chi connectivity index (χ4n) is 3.49. The molecule has 4 rings (SSSR count). The van der Waals surface area contributed by atoms with Crippen LogP contribution in [0.1, 0.15) is 55.6 Å². The van der Waals surface area contributed by atoms with Gasteiger partial charge in [0.15, 0.2) is 22.8 Å². The van der Waals surface area contributed by atoms with E-state index < -0.39 is 46.1 Å². The molecule has 4 aromatic heterocycles. The molecule has 0 aliphatic rings. The molecule has 0 radical (unpaired) electrons. The SMILES string of the molecule is CCOC(=O)c1sc(NC(=O)c2nn3c(C(F)(F)F)cc(-c4ccco4)nc3c2Cl)c(C(=O)OCC)c1C. The lowest BCUT2D eigenvalue weighted by Crippen LogP contribution is -2.17. The number of halogens is 4. The third kappa shape index (κ3) is 4.96. The van der Waals surface area contributed by atoms with Crippen molar-refractivity contribution in [2.75, 3.05) is 18.5 Å². The van der Waals surface area contributed by atoms with Gasteiger partial charge in [-0.15, -0.1) is 11.3 Å². The number of anilines is 1. The molecule has 1 N–H and O–H groups in total. The van der Waals surface area contributed by atoms with Crippen LogP contribution in [0.15, 0.2) is 28.9 Å². The molecule has 0 unspecified atom stereocenters. The first-order chi connectivity index (χ1) is 18.0. The third-order valence-corrected chi connectivity index (χ3v) is 6.66. The number of furan rings is 1. The standard InChI is InChI=1S/C23H18ClF3N4O6S/c1-4-35-21(33)14-10(3)17(22(34)36-5-2)38-20(14)29-19(32)16-15(24)18-28-11(12-7-6-8-37-12)9-13(23(25,26)27)31(18)30-16/h6-9H,4-5H2,1-3H3,(H,29,32). The molecule has 38 heavy (non-hydrogen) atoms. The van der Waals surface area contributed by atoms with Gasteiger partial charge < -0.3 is 19.2 Å². The van der Waals surface area contributed by atoms with E-state index in [2.05, 4.69) is 15.4 Å². The molecule has 1 amide bonds. The van der Waals surface area contributed by atoms with E-state index in [0.717, 1.165) is 11.3 Å². The summed E-state index contributed by atoms with van der Waals surface area (Å²) in [5.74, 6) is -2.55. The number of nitrogens with one attached hydrogen (secondary N) is 1. The molecule has 0 spiro atoms. The Bertz CT molecular complexity index is 1540. The predicted octanol–water partition coefficient (Wildman–Crippen LogP) is 5.64. The molecular formula is C23H18ClF3N4O6S. The molecule has 0 aliphatic carbocycles. The molecule has 0 atom stereocenters. The Hall–Kier alpha value is -3.91. The number of thiophene rings is 1. The number of hydrogen-bond acceptors (Lipinski definition) is 9. The van der Waals surface area contributed by atoms with E-state index in [4.69, 9.17) is 25.5 Å². The average molecular weight is 571 g/mol. The second-order valence-electron chi connectivity index (χ2n) is 7.56. The van der Waals surface area contributed by atoms with Gasteiger partial charge in [0, 0.05) is 0 Å². The highest BCUT2D eigenvalue weighted by Crippen LogP contribution is 2.37. The van der Waals surface area contributed by atoms with E-state index in [-0.39, 0.29) is 45.7 Å². The Morgan fingerprint density at radius 2 is 1.87 bits per heavy atom. The highest BCUT2D eigenvalue weighted by molar-refractivity contribution is 7.18. The Morgan fingerprint density at radius 1 is 1.18 bits per heavy atom. The number of alkyl halides is 3. The summed E-state index contributed by atoms with van der Waals surface area (Å²) >= 11 is 7.03. The number of hydrogen-bond donors (Lipinski definition) is 1. The van der Waals surface area contributed by atoms with E-state index in [9.17, 15) is 27.6 Å². The van der Waals surface area contributed by atoms with Crippen LogP contribution in [0, 0.1) is 6.92 Å². The van der Waals surface area contributed by atoms with Gasteiger partial charge in [0.1, 0.15) is 20.6 Å². The number of carbonyl (C=O) groups is 3. The Kier molecular flexibility index (Phi) is 7.47. The Morgan fingerprint density at radius 3 is 2.47 bits per heavy atom. The molecule has 4 heterocycles. The zero-order chi connectivity index (χ0) is 27.8. The smallest absolute Gasteiger partial charge is 0.433 e. The summed E-state index contributed by atoms with van der Waals surface area (Å²) in [4.78, 5) is 42.3. The van der Waals surface area contributed by atoms with E-state index in [1.807, 2.05) is 0 Å². The van der Waals surface area contributed by atoms with E-state index in [1.54, 1.807) is 13.8 Å². The van der Waals surface area contributed by atoms with Crippen LogP contribution in [0.5, 0.6) is 0 Å². The predicted molar refractivity (Wildman–Crippen MR) is 130 cm³/mol. The summed E-state index contributed by atoms with van der Waals surface area (Å²) in [6.07, 6.45) is -3.62. The molecule has 10 nitrogen and oxygen atoms in total. The average Bonchev–Trinajstić information content (AvgIpc) is 3.57. The van der Waals surface area contributed by atoms with E-state index in [1.165, 1.54) is 25.3 Å². The molecule has 0 saturated heterocycles. The van der Waals surface area contributed by atoms with Crippen molar-refractivity contribution in [1.82, 2.24) is 14.6 Å². The molecule has 15 heteroatoms. The number of fused-ring (bicyclic) bond motifs is 1. The topological polar surface area (TPSA) is 125 Å². The minimum atomic E-state index is -4.89. The van der Waals surface area contributed by atoms with Gasteiger partial charge in [0.2, 0.25) is 0 Å².